The summed E-state index contributed by atoms with van der Waals surface area (Å²) in [7, 11) is 1.37. The van der Waals surface area contributed by atoms with Crippen molar-refractivity contribution < 1.29 is 28.9 Å². The Morgan fingerprint density at radius 1 is 1.26 bits per heavy atom. The minimum atomic E-state index is -1.03. The molecule has 13 nitrogen and oxygen atoms in total. The van der Waals surface area contributed by atoms with Gasteiger partial charge in [-0.15, -0.1) is 0 Å². The maximum Gasteiger partial charge on any atom is 0.303 e. The van der Waals surface area contributed by atoms with E-state index in [1.165, 1.54) is 49.3 Å². The van der Waals surface area contributed by atoms with Crippen LogP contribution in [0, 0.1) is 11.7 Å². The van der Waals surface area contributed by atoms with Crippen molar-refractivity contribution >= 4 is 34.9 Å². The summed E-state index contributed by atoms with van der Waals surface area (Å²) in [6.45, 7) is 0.986. The molecule has 1 aliphatic carbocycles. The summed E-state index contributed by atoms with van der Waals surface area (Å²) in [4.78, 5) is 46.1. The largest absolute Gasteiger partial charge is 0.497 e. The van der Waals surface area contributed by atoms with Crippen LogP contribution in [0.2, 0.25) is 5.02 Å². The second-order valence-corrected chi connectivity index (χ2v) is 10.8. The van der Waals surface area contributed by atoms with E-state index in [1.807, 2.05) is 0 Å². The van der Waals surface area contributed by atoms with Gasteiger partial charge in [-0.05, 0) is 49.4 Å². The number of carboxylic acids is 1. The van der Waals surface area contributed by atoms with Gasteiger partial charge in [0, 0.05) is 30.3 Å². The Hall–Kier alpha value is -4.56. The van der Waals surface area contributed by atoms with Crippen LogP contribution < -0.4 is 20.9 Å². The van der Waals surface area contributed by atoms with Gasteiger partial charge in [0.15, 0.2) is 0 Å². The molecule has 0 aliphatic heterocycles. The highest BCUT2D eigenvalue weighted by atomic mass is 35.5. The van der Waals surface area contributed by atoms with Crippen molar-refractivity contribution in [2.24, 2.45) is 5.92 Å². The molecule has 1 amide bonds. The minimum Gasteiger partial charge on any atom is -0.497 e. The van der Waals surface area contributed by atoms with Crippen molar-refractivity contribution in [3.63, 3.8) is 0 Å². The van der Waals surface area contributed by atoms with E-state index in [0.29, 0.717) is 35.6 Å². The van der Waals surface area contributed by atoms with Crippen molar-refractivity contribution in [3.8, 4) is 17.0 Å². The first-order chi connectivity index (χ1) is 20.6. The Morgan fingerprint density at radius 2 is 2.02 bits per heavy atom. The number of carbonyl (C=O) groups excluding carboxylic acids is 1. The smallest absolute Gasteiger partial charge is 0.303 e. The number of amides is 1. The highest BCUT2D eigenvalue weighted by molar-refractivity contribution is 6.32. The van der Waals surface area contributed by atoms with Gasteiger partial charge >= 0.3 is 5.97 Å². The van der Waals surface area contributed by atoms with Crippen LogP contribution in [0.1, 0.15) is 43.8 Å². The van der Waals surface area contributed by atoms with Gasteiger partial charge in [0.25, 0.3) is 5.56 Å². The zero-order chi connectivity index (χ0) is 30.8. The number of hydrogen-bond donors (Lipinski definition) is 4. The summed E-state index contributed by atoms with van der Waals surface area (Å²) < 4.78 is 21.6. The second kappa shape index (κ2) is 12.4. The Bertz CT molecular complexity index is 1740. The number of aromatic nitrogens is 5. The first-order valence-electron chi connectivity index (χ1n) is 13.4. The Kier molecular flexibility index (Phi) is 8.59. The van der Waals surface area contributed by atoms with Crippen LogP contribution in [-0.4, -0.2) is 66.0 Å². The zero-order valence-corrected chi connectivity index (χ0v) is 24.0. The lowest BCUT2D eigenvalue weighted by molar-refractivity contribution is -0.138. The number of carbonyl (C=O) groups is 2. The number of nitrogens with one attached hydrogen (secondary N) is 2. The third-order valence-corrected chi connectivity index (χ3v) is 7.71. The molecule has 3 heterocycles. The number of aliphatic carboxylic acids is 1. The number of anilines is 1. The summed E-state index contributed by atoms with van der Waals surface area (Å²) in [5.74, 6) is -1.36. The van der Waals surface area contributed by atoms with Crippen LogP contribution >= 0.6 is 11.6 Å². The molecule has 43 heavy (non-hydrogen) atoms. The maximum atomic E-state index is 14.0. The molecule has 1 aliphatic rings. The Labute approximate surface area is 249 Å². The van der Waals surface area contributed by atoms with Gasteiger partial charge in [0.05, 0.1) is 36.7 Å². The Morgan fingerprint density at radius 3 is 2.72 bits per heavy atom. The van der Waals surface area contributed by atoms with E-state index in [0.717, 1.165) is 4.57 Å². The molecule has 0 spiro atoms. The van der Waals surface area contributed by atoms with E-state index < -0.39 is 41.9 Å². The lowest BCUT2D eigenvalue weighted by atomic mass is 9.78. The van der Waals surface area contributed by atoms with Crippen molar-refractivity contribution in [2.45, 2.75) is 44.3 Å². The minimum absolute atomic E-state index is 0.0429. The number of benzene rings is 1. The van der Waals surface area contributed by atoms with Crippen LogP contribution in [0.15, 0.2) is 47.8 Å². The average Bonchev–Trinajstić information content (AvgIpc) is 3.40. The topological polar surface area (TPSA) is 173 Å². The molecule has 5 rings (SSSR count). The number of nitrogens with zero attached hydrogens (tertiary/aromatic N) is 5. The highest BCUT2D eigenvalue weighted by Gasteiger charge is 2.31. The highest BCUT2D eigenvalue weighted by Crippen LogP contribution is 2.33. The summed E-state index contributed by atoms with van der Waals surface area (Å²) >= 11 is 6.39. The van der Waals surface area contributed by atoms with Crippen LogP contribution in [0.3, 0.4) is 0 Å². The van der Waals surface area contributed by atoms with Gasteiger partial charge in [-0.3, -0.25) is 19.0 Å². The fourth-order valence-corrected chi connectivity index (χ4v) is 5.25. The third kappa shape index (κ3) is 6.44. The molecule has 226 valence electrons. The fourth-order valence-electron chi connectivity index (χ4n) is 5.05. The van der Waals surface area contributed by atoms with Gasteiger partial charge < -0.3 is 25.6 Å². The van der Waals surface area contributed by atoms with Gasteiger partial charge in [0.2, 0.25) is 11.9 Å². The molecule has 15 heteroatoms. The molecule has 4 N–H and O–H groups in total. The van der Waals surface area contributed by atoms with Crippen molar-refractivity contribution in [1.82, 2.24) is 29.5 Å². The number of fused-ring (bicyclic) bond motifs is 1. The first kappa shape index (κ1) is 29.9. The van der Waals surface area contributed by atoms with Crippen LogP contribution in [0.5, 0.6) is 5.75 Å². The van der Waals surface area contributed by atoms with E-state index in [1.54, 1.807) is 12.3 Å². The van der Waals surface area contributed by atoms with Crippen LogP contribution in [-0.2, 0) is 9.59 Å². The van der Waals surface area contributed by atoms with Crippen molar-refractivity contribution in [2.75, 3.05) is 19.0 Å². The predicted molar refractivity (Wildman–Crippen MR) is 154 cm³/mol. The zero-order valence-electron chi connectivity index (χ0n) is 23.2. The van der Waals surface area contributed by atoms with E-state index in [4.69, 9.17) is 21.4 Å². The van der Waals surface area contributed by atoms with Gasteiger partial charge in [-0.1, -0.05) is 11.6 Å². The molecular weight excluding hydrogens is 585 g/mol. The quantitative estimate of drug-likeness (QED) is 0.197. The summed E-state index contributed by atoms with van der Waals surface area (Å²) in [5.41, 5.74) is 0.793. The molecule has 1 aromatic carbocycles. The SMILES string of the molecule is COc1cc(F)cc(C(CO)NC(=O)C(C)n2cnn3cc(-c4nc(NC5CC(CC(=O)O)C5)ncc4Cl)cc3c2=O)c1. The lowest BCUT2D eigenvalue weighted by Crippen LogP contribution is -2.39. The normalized spacial score (nSPS) is 17.6. The predicted octanol–water partition coefficient (Wildman–Crippen LogP) is 2.83. The number of carboxylic acid groups (broad SMARTS) is 1. The summed E-state index contributed by atoms with van der Waals surface area (Å²) in [6.07, 6.45) is 5.74. The molecule has 2 atom stereocenters. The number of rotatable bonds is 11. The second-order valence-electron chi connectivity index (χ2n) is 10.4. The fraction of sp³-hybridized carbons (Fsp3) is 0.357. The molecular formula is C28H29ClFN7O6. The number of aliphatic hydroxyl groups is 1. The molecule has 0 saturated heterocycles. The molecule has 4 aromatic rings. The molecule has 0 bridgehead atoms. The summed E-state index contributed by atoms with van der Waals surface area (Å²) in [6, 6.07) is 3.47. The number of halogens is 2. The number of aliphatic hydroxyl groups excluding tert-OH is 1. The van der Waals surface area contributed by atoms with E-state index in [-0.39, 0.29) is 34.7 Å². The first-order valence-corrected chi connectivity index (χ1v) is 13.8. The van der Waals surface area contributed by atoms with Crippen molar-refractivity contribution in [1.29, 1.82) is 0 Å². The molecule has 2 unspecified atom stereocenters. The van der Waals surface area contributed by atoms with Crippen LogP contribution in [0.25, 0.3) is 16.8 Å². The standard InChI is InChI=1S/C28H29ClFN7O6/c1-14(26(41)34-22(12-38)16-6-18(30)9-20(7-16)43-2)36-13-32-37-11-17(8-23(37)27(36)42)25-21(29)10-31-28(35-25)33-19-3-15(4-19)5-24(39)40/h6-11,13-15,19,22,38H,3-5,12H2,1-2H3,(H,34,41)(H,39,40)(H,31,33,35). The lowest BCUT2D eigenvalue weighted by Gasteiger charge is -2.34. The number of ether oxygens (including phenoxy) is 1. The molecule has 1 saturated carbocycles. The molecule has 3 aromatic heterocycles. The number of methoxy groups -OCH3 is 1. The van der Waals surface area contributed by atoms with Gasteiger partial charge in [-0.25, -0.2) is 18.9 Å². The third-order valence-electron chi connectivity index (χ3n) is 7.43. The van der Waals surface area contributed by atoms with E-state index in [9.17, 15) is 23.9 Å². The Balaban J connectivity index is 1.34. The van der Waals surface area contributed by atoms with E-state index >= 15 is 0 Å². The summed E-state index contributed by atoms with van der Waals surface area (Å²) in [5, 5.41) is 29.2. The van der Waals surface area contributed by atoms with Gasteiger partial charge in [-0.2, -0.15) is 5.10 Å². The molecule has 1 fully saturated rings. The van der Waals surface area contributed by atoms with Gasteiger partial charge in [0.1, 0.15) is 29.5 Å². The number of hydrogen-bond acceptors (Lipinski definition) is 9. The monoisotopic (exact) mass is 613 g/mol. The van der Waals surface area contributed by atoms with Crippen LogP contribution in [0.4, 0.5) is 10.3 Å². The van der Waals surface area contributed by atoms with Crippen molar-refractivity contribution in [3.05, 3.63) is 69.7 Å². The molecule has 0 radical (unpaired) electrons. The average molecular weight is 614 g/mol. The maximum absolute atomic E-state index is 14.0. The van der Waals surface area contributed by atoms with E-state index in [2.05, 4.69) is 25.7 Å².